The largest absolute Gasteiger partial charge is 0.214 e. The summed E-state index contributed by atoms with van der Waals surface area (Å²) < 4.78 is 0. The third-order valence-corrected chi connectivity index (χ3v) is 0.518. The zero-order chi connectivity index (χ0) is 5.70. The van der Waals surface area contributed by atoms with Crippen LogP contribution in [0.1, 0.15) is 13.8 Å². The molecule has 0 aliphatic heterocycles. The van der Waals surface area contributed by atoms with Crippen molar-refractivity contribution in [2.75, 3.05) is 6.54 Å². The van der Waals surface area contributed by atoms with E-state index in [0.717, 1.165) is 0 Å². The van der Waals surface area contributed by atoms with Gasteiger partial charge < -0.3 is 0 Å². The Bertz CT molecular complexity index is 80.9. The van der Waals surface area contributed by atoms with Gasteiger partial charge in [-0.15, -0.1) is 0 Å². The first-order chi connectivity index (χ1) is 3.27. The average molecular weight is 100 g/mol. The maximum absolute atomic E-state index is 6.25. The number of rotatable bonds is 2. The Morgan fingerprint density at radius 3 is 2.43 bits per heavy atom. The minimum atomic E-state index is 0.522. The van der Waals surface area contributed by atoms with Crippen LogP contribution in [0.2, 0.25) is 0 Å². The first-order valence-corrected chi connectivity index (χ1v) is 2.30. The van der Waals surface area contributed by atoms with E-state index in [1.807, 2.05) is 13.8 Å². The molecule has 0 fully saturated rings. The monoisotopic (exact) mass is 100 g/mol. The number of nitrogens with zero attached hydrogens (tertiary/aromatic N) is 2. The molecule has 0 saturated carbocycles. The molecular weight excluding hydrogens is 90.1 g/mol. The van der Waals surface area contributed by atoms with Crippen LogP contribution in [-0.4, -0.2) is 6.54 Å². The van der Waals surface area contributed by atoms with Gasteiger partial charge in [0.05, 0.1) is 0 Å². The van der Waals surface area contributed by atoms with E-state index in [0.29, 0.717) is 12.5 Å². The average Bonchev–Trinajstić information content (AvgIpc) is 1.61. The highest BCUT2D eigenvalue weighted by Crippen LogP contribution is 1.88. The molecule has 1 N–H and O–H groups in total. The second kappa shape index (κ2) is 3.50. The van der Waals surface area contributed by atoms with Gasteiger partial charge in [0.2, 0.25) is 4.91 Å². The van der Waals surface area contributed by atoms with Crippen LogP contribution in [0.4, 0.5) is 0 Å². The molecule has 0 aromatic heterocycles. The van der Waals surface area contributed by atoms with Gasteiger partial charge in [-0.2, -0.15) is 0 Å². The van der Waals surface area contributed by atoms with Crippen LogP contribution in [-0.2, 0) is 0 Å². The zero-order valence-electron chi connectivity index (χ0n) is 4.68. The van der Waals surface area contributed by atoms with Gasteiger partial charge >= 0.3 is 0 Å². The van der Waals surface area contributed by atoms with Gasteiger partial charge in [0.1, 0.15) is 17.2 Å². The number of hydrogen-bond acceptors (Lipinski definition) is 2. The van der Waals surface area contributed by atoms with Gasteiger partial charge in [-0.05, 0) is 5.92 Å². The van der Waals surface area contributed by atoms with Crippen molar-refractivity contribution in [1.29, 1.82) is 5.53 Å². The second-order valence-electron chi connectivity index (χ2n) is 1.82. The molecule has 0 rings (SSSR count). The topological polar surface area (TPSA) is 50.3 Å². The Morgan fingerprint density at radius 1 is 1.71 bits per heavy atom. The molecule has 0 radical (unpaired) electrons. The molecule has 0 aromatic carbocycles. The van der Waals surface area contributed by atoms with E-state index < -0.39 is 0 Å². The van der Waals surface area contributed by atoms with E-state index in [2.05, 4.69) is 10.0 Å². The van der Waals surface area contributed by atoms with Gasteiger partial charge in [0.25, 0.3) is 0 Å². The summed E-state index contributed by atoms with van der Waals surface area (Å²) in [4.78, 5) is 2.85. The van der Waals surface area contributed by atoms with Crippen molar-refractivity contribution in [3.63, 3.8) is 0 Å². The molecule has 0 unspecified atom stereocenters. The van der Waals surface area contributed by atoms with E-state index in [-0.39, 0.29) is 0 Å². The van der Waals surface area contributed by atoms with Crippen LogP contribution >= 0.6 is 0 Å². The van der Waals surface area contributed by atoms with Gasteiger partial charge in [-0.1, -0.05) is 13.8 Å². The van der Waals surface area contributed by atoms with Crippen molar-refractivity contribution in [1.82, 2.24) is 4.91 Å². The quantitative estimate of drug-likeness (QED) is 0.400. The first kappa shape index (κ1) is 6.31. The lowest BCUT2D eigenvalue weighted by Gasteiger charge is -1.85. The standard InChI is InChI=1S/C4H10N3/c1-4(2)3-6-7-5/h4-5H,3H2,1-2H3/q+1. The van der Waals surface area contributed by atoms with Crippen molar-refractivity contribution in [2.45, 2.75) is 13.8 Å². The maximum Gasteiger partial charge on any atom is 0.214 e. The third kappa shape index (κ3) is 5.31. The highest BCUT2D eigenvalue weighted by molar-refractivity contribution is 4.41. The first-order valence-electron chi connectivity index (χ1n) is 2.30. The minimum Gasteiger partial charge on any atom is -0.0607 e. The van der Waals surface area contributed by atoms with Crippen molar-refractivity contribution in [2.24, 2.45) is 11.0 Å². The highest BCUT2D eigenvalue weighted by atomic mass is 15.1. The maximum atomic E-state index is 6.25. The molecule has 0 aromatic rings. The Kier molecular flexibility index (Phi) is 3.15. The lowest BCUT2D eigenvalue weighted by molar-refractivity contribution is 0.633. The Balaban J connectivity index is 3.13. The fourth-order valence-electron chi connectivity index (χ4n) is 0.204. The molecule has 0 bridgehead atoms. The summed E-state index contributed by atoms with van der Waals surface area (Å²) in [5.41, 5.74) is 6.25. The Hall–Kier alpha value is -0.690. The molecule has 0 saturated heterocycles. The van der Waals surface area contributed by atoms with Gasteiger partial charge in [-0.25, -0.2) is 0 Å². The van der Waals surface area contributed by atoms with E-state index in [1.165, 1.54) is 0 Å². The summed E-state index contributed by atoms with van der Waals surface area (Å²) >= 11 is 0. The van der Waals surface area contributed by atoms with Gasteiger partial charge in [0.15, 0.2) is 0 Å². The molecule has 0 spiro atoms. The van der Waals surface area contributed by atoms with Crippen LogP contribution < -0.4 is 4.91 Å². The second-order valence-corrected chi connectivity index (χ2v) is 1.82. The number of hydrogen-bond donors (Lipinski definition) is 1. The molecular formula is C4H10N3+. The molecule has 40 valence electrons. The predicted molar refractivity (Wildman–Crippen MR) is 27.0 cm³/mol. The normalized spacial score (nSPS) is 8.43. The summed E-state index contributed by atoms with van der Waals surface area (Å²) in [6.07, 6.45) is 0. The van der Waals surface area contributed by atoms with Gasteiger partial charge in [0, 0.05) is 0 Å². The van der Waals surface area contributed by atoms with Crippen LogP contribution in [0.25, 0.3) is 0 Å². The SMILES string of the molecule is CC(C)CN=[N+]=N. The van der Waals surface area contributed by atoms with E-state index in [1.54, 1.807) is 0 Å². The summed E-state index contributed by atoms with van der Waals surface area (Å²) in [6.45, 7) is 4.74. The molecule has 3 heteroatoms. The fraction of sp³-hybridized carbons (Fsp3) is 1.00. The highest BCUT2D eigenvalue weighted by Gasteiger charge is 1.91. The van der Waals surface area contributed by atoms with Crippen molar-refractivity contribution >= 4 is 0 Å². The molecule has 3 nitrogen and oxygen atoms in total. The van der Waals surface area contributed by atoms with E-state index >= 15 is 0 Å². The molecule has 0 amide bonds. The van der Waals surface area contributed by atoms with Gasteiger partial charge in [-0.3, -0.25) is 0 Å². The summed E-state index contributed by atoms with van der Waals surface area (Å²) in [7, 11) is 0. The third-order valence-electron chi connectivity index (χ3n) is 0.518. The van der Waals surface area contributed by atoms with Crippen LogP contribution in [0, 0.1) is 11.4 Å². The van der Waals surface area contributed by atoms with E-state index in [9.17, 15) is 0 Å². The van der Waals surface area contributed by atoms with Crippen LogP contribution in [0.5, 0.6) is 0 Å². The van der Waals surface area contributed by atoms with Crippen molar-refractivity contribution < 1.29 is 0 Å². The molecule has 0 aliphatic rings. The van der Waals surface area contributed by atoms with Crippen molar-refractivity contribution in [3.8, 4) is 0 Å². The molecule has 0 heterocycles. The summed E-state index contributed by atoms with van der Waals surface area (Å²) in [5.74, 6) is 0.522. The summed E-state index contributed by atoms with van der Waals surface area (Å²) in [5, 5.41) is 3.46. The fourth-order valence-corrected chi connectivity index (χ4v) is 0.204. The molecule has 7 heavy (non-hydrogen) atoms. The van der Waals surface area contributed by atoms with Crippen LogP contribution in [0.15, 0.2) is 5.11 Å². The predicted octanol–water partition coefficient (Wildman–Crippen LogP) is 1.19. The minimum absolute atomic E-state index is 0.522. The lowest BCUT2D eigenvalue weighted by Crippen LogP contribution is -1.90. The van der Waals surface area contributed by atoms with Crippen LogP contribution in [0.3, 0.4) is 0 Å². The summed E-state index contributed by atoms with van der Waals surface area (Å²) in [6, 6.07) is 0. The Morgan fingerprint density at radius 2 is 2.29 bits per heavy atom. The smallest absolute Gasteiger partial charge is 0.0607 e. The zero-order valence-corrected chi connectivity index (χ0v) is 4.68. The van der Waals surface area contributed by atoms with Crippen molar-refractivity contribution in [3.05, 3.63) is 0 Å². The lowest BCUT2D eigenvalue weighted by atomic mass is 10.2. The van der Waals surface area contributed by atoms with E-state index in [4.69, 9.17) is 5.53 Å². The molecule has 0 aliphatic carbocycles. The Labute approximate surface area is 43.0 Å². The number of nitrogens with one attached hydrogen (secondary N) is 1. The molecule has 0 atom stereocenters.